The van der Waals surface area contributed by atoms with Crippen LogP contribution in [0.25, 0.3) is 11.2 Å². The summed E-state index contributed by atoms with van der Waals surface area (Å²) in [4.78, 5) is 38.8. The number of hydrogen-bond acceptors (Lipinski definition) is 11. The largest absolute Gasteiger partial charge is 0.480 e. The quantitative estimate of drug-likeness (QED) is 0.240. The normalized spacial score (nSPS) is 25.4. The number of aliphatic hydroxyl groups is 2. The summed E-state index contributed by atoms with van der Waals surface area (Å²) >= 11 is 0. The van der Waals surface area contributed by atoms with Gasteiger partial charge in [0.05, 0.1) is 12.9 Å². The van der Waals surface area contributed by atoms with E-state index in [4.69, 9.17) is 31.1 Å². The van der Waals surface area contributed by atoms with Gasteiger partial charge in [-0.1, -0.05) is 0 Å². The Morgan fingerprint density at radius 3 is 2.52 bits per heavy atom. The van der Waals surface area contributed by atoms with Crippen LogP contribution in [-0.4, -0.2) is 81.6 Å². The van der Waals surface area contributed by atoms with Gasteiger partial charge in [-0.2, -0.15) is 0 Å². The molecule has 0 spiro atoms. The average Bonchev–Trinajstić information content (AvgIpc) is 3.16. The lowest BCUT2D eigenvalue weighted by molar-refractivity contribution is -0.138. The van der Waals surface area contributed by atoms with Crippen LogP contribution in [0.5, 0.6) is 0 Å². The maximum atomic E-state index is 10.7. The third-order valence-electron chi connectivity index (χ3n) is 3.79. The van der Waals surface area contributed by atoms with Crippen molar-refractivity contribution in [3.05, 3.63) is 12.7 Å². The molecular formula is C13H21N6O9P. The van der Waals surface area contributed by atoms with Crippen LogP contribution in [0.3, 0.4) is 0 Å². The fourth-order valence-electron chi connectivity index (χ4n) is 2.32. The Morgan fingerprint density at radius 1 is 1.34 bits per heavy atom. The van der Waals surface area contributed by atoms with Gasteiger partial charge in [-0.3, -0.25) is 13.9 Å². The standard InChI is InChI=1S/C10H14N5O7P.C3H7NO2/c11-8-5-9(13-2-12-8)15(3-14-5)10-7(17)6(16)4(22-10)1-21-23(18,19)20;1-2(4)3(5)6/h2-4,6-7,10,16-17H,1H2,(H2,11,12,13)(H2,18,19,20);2H,4H2,1H3,(H,5,6)/t4-,6-,7-,10-;/m1./s1. The van der Waals surface area contributed by atoms with Crippen LogP contribution in [0.4, 0.5) is 5.82 Å². The predicted octanol–water partition coefficient (Wildman–Crippen LogP) is -2.44. The molecule has 29 heavy (non-hydrogen) atoms. The molecule has 0 aromatic carbocycles. The minimum Gasteiger partial charge on any atom is -0.480 e. The number of anilines is 1. The number of phosphoric acid groups is 1. The number of carbonyl (C=O) groups is 1. The number of carboxylic acid groups (broad SMARTS) is 1. The average molecular weight is 436 g/mol. The number of aliphatic carboxylic acids is 1. The lowest BCUT2D eigenvalue weighted by Gasteiger charge is -2.16. The highest BCUT2D eigenvalue weighted by Gasteiger charge is 2.45. The van der Waals surface area contributed by atoms with E-state index in [0.717, 1.165) is 0 Å². The first-order chi connectivity index (χ1) is 13.4. The van der Waals surface area contributed by atoms with Gasteiger partial charge in [-0.05, 0) is 6.92 Å². The van der Waals surface area contributed by atoms with Crippen LogP contribution < -0.4 is 11.5 Å². The van der Waals surface area contributed by atoms with Gasteiger partial charge >= 0.3 is 13.8 Å². The SMILES string of the molecule is CC(N)C(=O)O.Nc1ncnc2c1ncn2[C@@H]1O[C@H](COP(=O)(O)O)[C@@H](O)[C@H]1O. The number of aromatic nitrogens is 4. The number of carboxylic acids is 1. The number of nitrogens with two attached hydrogens (primary N) is 2. The number of nitrogen functional groups attached to an aromatic ring is 1. The van der Waals surface area contributed by atoms with Gasteiger partial charge in [-0.15, -0.1) is 0 Å². The molecule has 0 amide bonds. The molecule has 9 N–H and O–H groups in total. The van der Waals surface area contributed by atoms with Crippen LogP contribution in [-0.2, 0) is 18.6 Å². The lowest BCUT2D eigenvalue weighted by atomic mass is 10.1. The van der Waals surface area contributed by atoms with Crippen LogP contribution >= 0.6 is 7.82 Å². The van der Waals surface area contributed by atoms with E-state index in [9.17, 15) is 19.6 Å². The van der Waals surface area contributed by atoms with Gasteiger partial charge in [-0.25, -0.2) is 19.5 Å². The number of phosphoric ester groups is 1. The molecule has 1 unspecified atom stereocenters. The zero-order valence-electron chi connectivity index (χ0n) is 15.0. The Labute approximate surface area is 163 Å². The molecule has 3 rings (SSSR count). The summed E-state index contributed by atoms with van der Waals surface area (Å²) in [5.74, 6) is -0.821. The molecule has 16 heteroatoms. The first-order valence-electron chi connectivity index (χ1n) is 8.05. The summed E-state index contributed by atoms with van der Waals surface area (Å²) < 4.78 is 21.8. The van der Waals surface area contributed by atoms with Crippen molar-refractivity contribution in [1.82, 2.24) is 19.5 Å². The van der Waals surface area contributed by atoms with Crippen LogP contribution in [0.15, 0.2) is 12.7 Å². The fourth-order valence-corrected chi connectivity index (χ4v) is 2.66. The molecule has 2 aromatic heterocycles. The van der Waals surface area contributed by atoms with Gasteiger partial charge in [0.15, 0.2) is 17.7 Å². The van der Waals surface area contributed by atoms with E-state index in [1.165, 1.54) is 24.1 Å². The number of fused-ring (bicyclic) bond motifs is 1. The number of aliphatic hydroxyl groups excluding tert-OH is 2. The van der Waals surface area contributed by atoms with E-state index in [0.29, 0.717) is 5.52 Å². The van der Waals surface area contributed by atoms with E-state index in [1.54, 1.807) is 0 Å². The third-order valence-corrected chi connectivity index (χ3v) is 4.28. The molecule has 162 valence electrons. The molecule has 1 aliphatic rings. The first kappa shape index (κ1) is 23.1. The van der Waals surface area contributed by atoms with Crippen molar-refractivity contribution in [1.29, 1.82) is 0 Å². The van der Waals surface area contributed by atoms with Gasteiger partial charge in [0.1, 0.15) is 36.2 Å². The van der Waals surface area contributed by atoms with Gasteiger partial charge < -0.3 is 41.3 Å². The Morgan fingerprint density at radius 2 is 1.97 bits per heavy atom. The number of ether oxygens (including phenoxy) is 1. The van der Waals surface area contributed by atoms with Gasteiger partial charge in [0.2, 0.25) is 0 Å². The van der Waals surface area contributed by atoms with Crippen molar-refractivity contribution < 1.29 is 43.7 Å². The van der Waals surface area contributed by atoms with E-state index in [1.807, 2.05) is 0 Å². The molecule has 1 aliphatic heterocycles. The van der Waals surface area contributed by atoms with Crippen molar-refractivity contribution >= 4 is 30.8 Å². The maximum Gasteiger partial charge on any atom is 0.469 e. The topological polar surface area (TPSA) is 249 Å². The highest BCUT2D eigenvalue weighted by molar-refractivity contribution is 7.46. The van der Waals surface area contributed by atoms with Crippen LogP contribution in [0, 0.1) is 0 Å². The molecule has 0 saturated carbocycles. The summed E-state index contributed by atoms with van der Waals surface area (Å²) in [7, 11) is -4.72. The minimum absolute atomic E-state index is 0.142. The van der Waals surface area contributed by atoms with Crippen molar-refractivity contribution in [3.63, 3.8) is 0 Å². The summed E-state index contributed by atoms with van der Waals surface area (Å²) in [6.45, 7) is 0.824. The van der Waals surface area contributed by atoms with Crippen molar-refractivity contribution in [2.24, 2.45) is 5.73 Å². The summed E-state index contributed by atoms with van der Waals surface area (Å²) in [6.07, 6.45) is -2.49. The number of hydrogen-bond donors (Lipinski definition) is 7. The molecule has 5 atom stereocenters. The van der Waals surface area contributed by atoms with E-state index < -0.39 is 51.0 Å². The Kier molecular flexibility index (Phi) is 7.20. The zero-order chi connectivity index (χ0) is 21.9. The van der Waals surface area contributed by atoms with Crippen molar-refractivity contribution in [3.8, 4) is 0 Å². The van der Waals surface area contributed by atoms with E-state index in [-0.39, 0.29) is 11.5 Å². The van der Waals surface area contributed by atoms with Crippen LogP contribution in [0.1, 0.15) is 13.2 Å². The predicted molar refractivity (Wildman–Crippen MR) is 94.9 cm³/mol. The Hall–Kier alpha value is -2.23. The molecular weight excluding hydrogens is 415 g/mol. The molecule has 15 nitrogen and oxygen atoms in total. The van der Waals surface area contributed by atoms with Crippen molar-refractivity contribution in [2.75, 3.05) is 12.3 Å². The zero-order valence-corrected chi connectivity index (χ0v) is 15.9. The minimum atomic E-state index is -4.72. The lowest BCUT2D eigenvalue weighted by Crippen LogP contribution is -2.33. The summed E-state index contributed by atoms with van der Waals surface area (Å²) in [6, 6.07) is -0.731. The third kappa shape index (κ3) is 5.65. The molecule has 1 saturated heterocycles. The van der Waals surface area contributed by atoms with E-state index >= 15 is 0 Å². The highest BCUT2D eigenvalue weighted by Crippen LogP contribution is 2.38. The first-order valence-corrected chi connectivity index (χ1v) is 9.58. The number of nitrogens with zero attached hydrogens (tertiary/aromatic N) is 4. The Balaban J connectivity index is 0.000000438. The highest BCUT2D eigenvalue weighted by atomic mass is 31.2. The van der Waals surface area contributed by atoms with Gasteiger partial charge in [0.25, 0.3) is 0 Å². The number of rotatable bonds is 5. The molecule has 0 radical (unpaired) electrons. The maximum absolute atomic E-state index is 10.7. The fraction of sp³-hybridized carbons (Fsp3) is 0.538. The smallest absolute Gasteiger partial charge is 0.469 e. The van der Waals surface area contributed by atoms with E-state index in [2.05, 4.69) is 19.5 Å². The van der Waals surface area contributed by atoms with Crippen LogP contribution in [0.2, 0.25) is 0 Å². The van der Waals surface area contributed by atoms with Crippen molar-refractivity contribution in [2.45, 2.75) is 37.5 Å². The molecule has 3 heterocycles. The number of imidazole rings is 1. The molecule has 2 aromatic rings. The Bertz CT molecular complexity index is 902. The second-order valence-corrected chi connectivity index (χ2v) is 7.28. The monoisotopic (exact) mass is 436 g/mol. The summed E-state index contributed by atoms with van der Waals surface area (Å²) in [5, 5.41) is 27.9. The molecule has 0 bridgehead atoms. The molecule has 1 fully saturated rings. The van der Waals surface area contributed by atoms with Gasteiger partial charge in [0, 0.05) is 0 Å². The molecule has 0 aliphatic carbocycles. The summed E-state index contributed by atoms with van der Waals surface area (Å²) in [5.41, 5.74) is 11.1. The second-order valence-electron chi connectivity index (χ2n) is 6.04. The second kappa shape index (κ2) is 9.06.